The van der Waals surface area contributed by atoms with Crippen LogP contribution in [0.1, 0.15) is 56.1 Å². The van der Waals surface area contributed by atoms with Gasteiger partial charge in [0.1, 0.15) is 11.4 Å². The lowest BCUT2D eigenvalue weighted by atomic mass is 9.88. The quantitative estimate of drug-likeness (QED) is 0.563. The number of hydrogen-bond acceptors (Lipinski definition) is 6. The van der Waals surface area contributed by atoms with Gasteiger partial charge in [0.15, 0.2) is 0 Å². The second kappa shape index (κ2) is 9.95. The average molecular weight is 475 g/mol. The zero-order chi connectivity index (χ0) is 23.5. The normalized spacial score (nSPS) is 22.0. The molecule has 2 heterocycles. The SMILES string of the molecule is Cc1ccc(NCCO)cc1C=CS(=O)(=O)N1CCC2(CC1)N=C(C1CCCCC1)NC2=O. The van der Waals surface area contributed by atoms with Gasteiger partial charge in [0.2, 0.25) is 10.0 Å². The first-order valence-electron chi connectivity index (χ1n) is 11.9. The molecule has 1 saturated heterocycles. The lowest BCUT2D eigenvalue weighted by Gasteiger charge is -2.34. The number of nitrogens with one attached hydrogen (secondary N) is 2. The number of aliphatic hydroxyl groups is 1. The molecule has 1 aromatic carbocycles. The Hall–Kier alpha value is -2.23. The number of aliphatic hydroxyl groups excluding tert-OH is 1. The monoisotopic (exact) mass is 474 g/mol. The average Bonchev–Trinajstić information content (AvgIpc) is 3.14. The van der Waals surface area contributed by atoms with Gasteiger partial charge in [-0.15, -0.1) is 0 Å². The Kier molecular flexibility index (Phi) is 7.21. The number of amidine groups is 1. The van der Waals surface area contributed by atoms with E-state index in [-0.39, 0.29) is 25.6 Å². The van der Waals surface area contributed by atoms with Gasteiger partial charge >= 0.3 is 0 Å². The summed E-state index contributed by atoms with van der Waals surface area (Å²) in [7, 11) is -3.61. The first kappa shape index (κ1) is 23.9. The van der Waals surface area contributed by atoms with Gasteiger partial charge in [0.25, 0.3) is 5.91 Å². The molecule has 0 bridgehead atoms. The van der Waals surface area contributed by atoms with Crippen LogP contribution in [0.15, 0.2) is 28.6 Å². The Morgan fingerprint density at radius 2 is 1.97 bits per heavy atom. The first-order valence-corrected chi connectivity index (χ1v) is 13.4. The lowest BCUT2D eigenvalue weighted by molar-refractivity contribution is -0.124. The summed E-state index contributed by atoms with van der Waals surface area (Å²) < 4.78 is 27.4. The molecule has 0 aromatic heterocycles. The smallest absolute Gasteiger partial charge is 0.253 e. The lowest BCUT2D eigenvalue weighted by Crippen LogP contribution is -2.50. The fraction of sp³-hybridized carbons (Fsp3) is 0.583. The third-order valence-corrected chi connectivity index (χ3v) is 8.60. The van der Waals surface area contributed by atoms with Crippen molar-refractivity contribution in [2.45, 2.75) is 57.4 Å². The molecule has 0 radical (unpaired) electrons. The van der Waals surface area contributed by atoms with E-state index in [9.17, 15) is 13.2 Å². The predicted octanol–water partition coefficient (Wildman–Crippen LogP) is 2.64. The van der Waals surface area contributed by atoms with Gasteiger partial charge in [-0.2, -0.15) is 4.31 Å². The second-order valence-electron chi connectivity index (χ2n) is 9.29. The molecule has 3 aliphatic rings. The number of anilines is 1. The number of carbonyl (C=O) groups is 1. The van der Waals surface area contributed by atoms with Gasteiger partial charge in [0, 0.05) is 36.6 Å². The van der Waals surface area contributed by atoms with Crippen LogP contribution >= 0.6 is 0 Å². The van der Waals surface area contributed by atoms with Gasteiger partial charge in [-0.25, -0.2) is 8.42 Å². The van der Waals surface area contributed by atoms with Crippen molar-refractivity contribution in [2.24, 2.45) is 10.9 Å². The fourth-order valence-corrected chi connectivity index (χ4v) is 6.12. The molecule has 9 heteroatoms. The first-order chi connectivity index (χ1) is 15.8. The number of aryl methyl sites for hydroxylation is 1. The van der Waals surface area contributed by atoms with Gasteiger partial charge in [-0.05, 0) is 61.9 Å². The second-order valence-corrected chi connectivity index (χ2v) is 11.1. The summed E-state index contributed by atoms with van der Waals surface area (Å²) in [5.41, 5.74) is 1.77. The zero-order valence-corrected chi connectivity index (χ0v) is 20.0. The van der Waals surface area contributed by atoms with Crippen LogP contribution in [0.4, 0.5) is 5.69 Å². The Morgan fingerprint density at radius 1 is 1.24 bits per heavy atom. The van der Waals surface area contributed by atoms with E-state index in [1.54, 1.807) is 6.08 Å². The minimum absolute atomic E-state index is 0.0219. The van der Waals surface area contributed by atoms with E-state index >= 15 is 0 Å². The number of rotatable bonds is 7. The number of piperidine rings is 1. The Bertz CT molecular complexity index is 1040. The van der Waals surface area contributed by atoms with Crippen LogP contribution in [0.3, 0.4) is 0 Å². The summed E-state index contributed by atoms with van der Waals surface area (Å²) in [5.74, 6) is 1.08. The molecular formula is C24H34N4O4S. The molecule has 1 aliphatic carbocycles. The van der Waals surface area contributed by atoms with Crippen LogP contribution in [0.2, 0.25) is 0 Å². The molecule has 33 heavy (non-hydrogen) atoms. The molecule has 1 aromatic rings. The van der Waals surface area contributed by atoms with Crippen molar-refractivity contribution in [3.63, 3.8) is 0 Å². The van der Waals surface area contributed by atoms with Crippen LogP contribution in [-0.4, -0.2) is 61.4 Å². The van der Waals surface area contributed by atoms with Crippen molar-refractivity contribution in [3.8, 4) is 0 Å². The number of aliphatic imine (C=N–C) groups is 1. The number of hydrogen-bond donors (Lipinski definition) is 3. The van der Waals surface area contributed by atoms with E-state index in [0.29, 0.717) is 25.3 Å². The third kappa shape index (κ3) is 5.31. The van der Waals surface area contributed by atoms with Crippen molar-refractivity contribution in [1.29, 1.82) is 0 Å². The standard InChI is InChI=1S/C24H34N4O4S/c1-18-7-8-21(25-12-15-29)17-20(18)9-16-33(31,32)28-13-10-24(11-14-28)23(30)26-22(27-24)19-5-3-2-4-6-19/h7-9,16-17,19,25,29H,2-6,10-15H2,1H3,(H,26,27,30). The molecule has 0 atom stereocenters. The predicted molar refractivity (Wildman–Crippen MR) is 130 cm³/mol. The highest BCUT2D eigenvalue weighted by atomic mass is 32.2. The number of benzene rings is 1. The maximum atomic E-state index is 13.0. The number of amides is 1. The van der Waals surface area contributed by atoms with E-state index in [1.165, 1.54) is 29.0 Å². The van der Waals surface area contributed by atoms with Crippen molar-refractivity contribution in [1.82, 2.24) is 9.62 Å². The van der Waals surface area contributed by atoms with Crippen molar-refractivity contribution in [3.05, 3.63) is 34.7 Å². The summed E-state index contributed by atoms with van der Waals surface area (Å²) in [4.78, 5) is 17.6. The fourth-order valence-electron chi connectivity index (χ4n) is 4.94. The number of carbonyl (C=O) groups excluding carboxylic acids is 1. The van der Waals surface area contributed by atoms with Crippen molar-refractivity contribution < 1.29 is 18.3 Å². The van der Waals surface area contributed by atoms with Crippen LogP contribution in [0.5, 0.6) is 0 Å². The maximum Gasteiger partial charge on any atom is 0.253 e. The van der Waals surface area contributed by atoms with Crippen LogP contribution in [0, 0.1) is 12.8 Å². The highest BCUT2D eigenvalue weighted by molar-refractivity contribution is 7.92. The highest BCUT2D eigenvalue weighted by Crippen LogP contribution is 2.35. The number of sulfonamides is 1. The molecule has 1 saturated carbocycles. The molecule has 4 rings (SSSR count). The van der Waals surface area contributed by atoms with Crippen molar-refractivity contribution in [2.75, 3.05) is 31.6 Å². The molecule has 0 unspecified atom stereocenters. The highest BCUT2D eigenvalue weighted by Gasteiger charge is 2.48. The van der Waals surface area contributed by atoms with Gasteiger partial charge in [0.05, 0.1) is 6.61 Å². The molecular weight excluding hydrogens is 440 g/mol. The summed E-state index contributed by atoms with van der Waals surface area (Å²) in [5, 5.41) is 16.3. The minimum Gasteiger partial charge on any atom is -0.395 e. The Morgan fingerprint density at radius 3 is 2.67 bits per heavy atom. The topological polar surface area (TPSA) is 111 Å². The summed E-state index contributed by atoms with van der Waals surface area (Å²) >= 11 is 0. The summed E-state index contributed by atoms with van der Waals surface area (Å²) in [6.07, 6.45) is 8.14. The van der Waals surface area contributed by atoms with E-state index < -0.39 is 15.6 Å². The van der Waals surface area contributed by atoms with Crippen molar-refractivity contribution >= 4 is 33.5 Å². The molecule has 8 nitrogen and oxygen atoms in total. The molecule has 3 N–H and O–H groups in total. The van der Waals surface area contributed by atoms with Gasteiger partial charge < -0.3 is 15.7 Å². The number of nitrogens with zero attached hydrogens (tertiary/aromatic N) is 2. The largest absolute Gasteiger partial charge is 0.395 e. The molecule has 1 amide bonds. The van der Waals surface area contributed by atoms with Crippen LogP contribution in [-0.2, 0) is 14.8 Å². The molecule has 2 fully saturated rings. The molecule has 1 spiro atoms. The summed E-state index contributed by atoms with van der Waals surface area (Å²) in [6.45, 7) is 2.93. The van der Waals surface area contributed by atoms with Crippen LogP contribution < -0.4 is 10.6 Å². The zero-order valence-electron chi connectivity index (χ0n) is 19.2. The van der Waals surface area contributed by atoms with Gasteiger partial charge in [-0.1, -0.05) is 25.3 Å². The molecule has 180 valence electrons. The minimum atomic E-state index is -3.61. The van der Waals surface area contributed by atoms with Gasteiger partial charge in [-0.3, -0.25) is 9.79 Å². The van der Waals surface area contributed by atoms with E-state index in [2.05, 4.69) is 10.6 Å². The molecule has 2 aliphatic heterocycles. The summed E-state index contributed by atoms with van der Waals surface area (Å²) in [6, 6.07) is 5.68. The maximum absolute atomic E-state index is 13.0. The van der Waals surface area contributed by atoms with E-state index in [4.69, 9.17) is 10.1 Å². The Labute approximate surface area is 196 Å². The van der Waals surface area contributed by atoms with Crippen LogP contribution in [0.25, 0.3) is 6.08 Å². The van der Waals surface area contributed by atoms with E-state index in [0.717, 1.165) is 35.5 Å². The third-order valence-electron chi connectivity index (χ3n) is 7.04. The van der Waals surface area contributed by atoms with E-state index in [1.807, 2.05) is 25.1 Å². The Balaban J connectivity index is 1.42.